The van der Waals surface area contributed by atoms with E-state index in [2.05, 4.69) is 4.72 Å². The van der Waals surface area contributed by atoms with Gasteiger partial charge in [-0.15, -0.1) is 0 Å². The molecule has 1 aliphatic heterocycles. The van der Waals surface area contributed by atoms with E-state index in [-0.39, 0.29) is 35.4 Å². The Morgan fingerprint density at radius 3 is 2.45 bits per heavy atom. The van der Waals surface area contributed by atoms with Gasteiger partial charge in [0.1, 0.15) is 10.9 Å². The van der Waals surface area contributed by atoms with Crippen LogP contribution in [-0.4, -0.2) is 63.6 Å². The largest absolute Gasteiger partial charge is 0.480 e. The van der Waals surface area contributed by atoms with Crippen molar-refractivity contribution in [3.05, 3.63) is 53.1 Å². The molecule has 0 unspecified atom stereocenters. The Labute approximate surface area is 255 Å². The van der Waals surface area contributed by atoms with Gasteiger partial charge in [-0.1, -0.05) is 68.8 Å². The van der Waals surface area contributed by atoms with Crippen LogP contribution in [0.3, 0.4) is 0 Å². The quantitative estimate of drug-likeness (QED) is 0.292. The van der Waals surface area contributed by atoms with E-state index in [0.29, 0.717) is 29.2 Å². The zero-order valence-corrected chi connectivity index (χ0v) is 26.7. The van der Waals surface area contributed by atoms with E-state index in [0.717, 1.165) is 50.6 Å². The summed E-state index contributed by atoms with van der Waals surface area (Å²) in [5.74, 6) is -1.21. The number of halogens is 1. The van der Waals surface area contributed by atoms with Crippen LogP contribution in [0.5, 0.6) is 0 Å². The Bertz CT molecular complexity index is 1450. The molecule has 2 aromatic rings. The van der Waals surface area contributed by atoms with Crippen molar-refractivity contribution in [2.24, 2.45) is 5.92 Å². The minimum Gasteiger partial charge on any atom is -0.480 e. The number of likely N-dealkylation sites (N-methyl/N-ethyl adjacent to an activating group) is 1. The lowest BCUT2D eigenvalue weighted by Crippen LogP contribution is -2.46. The molecule has 0 spiro atoms. The highest BCUT2D eigenvalue weighted by Crippen LogP contribution is 2.42. The third kappa shape index (κ3) is 7.66. The third-order valence-corrected chi connectivity index (χ3v) is 12.2. The number of hydrogen-bond donors (Lipinski definition) is 2. The van der Waals surface area contributed by atoms with Crippen LogP contribution >= 0.6 is 11.6 Å². The SMILES string of the molecule is CCCCCS(=O)(=O)N[C@@H](CCc1cc2c(cc1Cl)N(c1ccccc1)C[C@@H](C1CCCCC1)N(C)S2(=O)=O)C(=O)O. The fourth-order valence-electron chi connectivity index (χ4n) is 6.10. The van der Waals surface area contributed by atoms with Gasteiger partial charge in [-0.2, -0.15) is 4.31 Å². The van der Waals surface area contributed by atoms with Crippen LogP contribution in [-0.2, 0) is 31.3 Å². The van der Waals surface area contributed by atoms with Gasteiger partial charge in [0.2, 0.25) is 20.0 Å². The van der Waals surface area contributed by atoms with Crippen LogP contribution in [0.2, 0.25) is 5.02 Å². The van der Waals surface area contributed by atoms with Crippen molar-refractivity contribution in [3.8, 4) is 0 Å². The first-order valence-electron chi connectivity index (χ1n) is 14.8. The molecule has 2 aromatic carbocycles. The molecule has 2 N–H and O–H groups in total. The molecule has 0 radical (unpaired) electrons. The first kappa shape index (κ1) is 32.7. The van der Waals surface area contributed by atoms with Crippen LogP contribution < -0.4 is 9.62 Å². The molecule has 0 saturated heterocycles. The Kier molecular flexibility index (Phi) is 11.0. The summed E-state index contributed by atoms with van der Waals surface area (Å²) >= 11 is 6.74. The van der Waals surface area contributed by atoms with E-state index >= 15 is 0 Å². The number of para-hydroxylation sites is 1. The van der Waals surface area contributed by atoms with Crippen molar-refractivity contribution < 1.29 is 26.7 Å². The number of unbranched alkanes of at least 4 members (excludes halogenated alkanes) is 2. The first-order valence-corrected chi connectivity index (χ1v) is 18.3. The van der Waals surface area contributed by atoms with Gasteiger partial charge in [0.15, 0.2) is 0 Å². The number of rotatable bonds is 12. The number of sulfonamides is 2. The predicted molar refractivity (Wildman–Crippen MR) is 166 cm³/mol. The van der Waals surface area contributed by atoms with Crippen molar-refractivity contribution in [2.75, 3.05) is 24.2 Å². The predicted octanol–water partition coefficient (Wildman–Crippen LogP) is 5.56. The first-order chi connectivity index (χ1) is 19.9. The summed E-state index contributed by atoms with van der Waals surface area (Å²) in [6, 6.07) is 11.2. The fourth-order valence-corrected chi connectivity index (χ4v) is 9.33. The van der Waals surface area contributed by atoms with Gasteiger partial charge in [0, 0.05) is 30.3 Å². The highest BCUT2D eigenvalue weighted by molar-refractivity contribution is 7.89. The molecule has 4 rings (SSSR count). The third-order valence-electron chi connectivity index (χ3n) is 8.51. The number of nitrogens with zero attached hydrogens (tertiary/aromatic N) is 2. The topological polar surface area (TPSA) is 124 Å². The van der Waals surface area contributed by atoms with Crippen LogP contribution in [0.15, 0.2) is 47.4 Å². The minimum absolute atomic E-state index is 0.0795. The van der Waals surface area contributed by atoms with E-state index in [9.17, 15) is 26.7 Å². The lowest BCUT2D eigenvalue weighted by molar-refractivity contribution is -0.139. The van der Waals surface area contributed by atoms with Crippen molar-refractivity contribution in [3.63, 3.8) is 0 Å². The molecule has 232 valence electrons. The summed E-state index contributed by atoms with van der Waals surface area (Å²) < 4.78 is 57.1. The van der Waals surface area contributed by atoms with Gasteiger partial charge in [0.05, 0.1) is 11.4 Å². The molecule has 1 saturated carbocycles. The highest BCUT2D eigenvalue weighted by atomic mass is 35.5. The van der Waals surface area contributed by atoms with Gasteiger partial charge in [-0.3, -0.25) is 4.79 Å². The van der Waals surface area contributed by atoms with E-state index in [1.54, 1.807) is 13.1 Å². The van der Waals surface area contributed by atoms with Gasteiger partial charge in [-0.05, 0) is 67.9 Å². The highest BCUT2D eigenvalue weighted by Gasteiger charge is 2.41. The van der Waals surface area contributed by atoms with E-state index in [1.807, 2.05) is 42.2 Å². The van der Waals surface area contributed by atoms with Crippen molar-refractivity contribution >= 4 is 49.0 Å². The van der Waals surface area contributed by atoms with Gasteiger partial charge in [0.25, 0.3) is 0 Å². The van der Waals surface area contributed by atoms with Gasteiger partial charge in [-0.25, -0.2) is 21.6 Å². The van der Waals surface area contributed by atoms with Gasteiger partial charge >= 0.3 is 5.97 Å². The van der Waals surface area contributed by atoms with E-state index in [1.165, 1.54) is 10.4 Å². The molecule has 1 fully saturated rings. The molecule has 0 amide bonds. The number of aryl methyl sites for hydroxylation is 1. The average Bonchev–Trinajstić information content (AvgIpc) is 3.04. The molecular formula is C30H42ClN3O6S2. The normalized spacial score (nSPS) is 20.5. The summed E-state index contributed by atoms with van der Waals surface area (Å²) in [6.45, 7) is 2.44. The Balaban J connectivity index is 1.68. The number of nitrogens with one attached hydrogen (secondary N) is 1. The Morgan fingerprint density at radius 1 is 1.12 bits per heavy atom. The van der Waals surface area contributed by atoms with E-state index < -0.39 is 32.1 Å². The smallest absolute Gasteiger partial charge is 0.321 e. The number of anilines is 2. The Morgan fingerprint density at radius 2 is 1.81 bits per heavy atom. The van der Waals surface area contributed by atoms with Crippen molar-refractivity contribution in [2.45, 2.75) is 88.1 Å². The fraction of sp³-hybridized carbons (Fsp3) is 0.567. The molecule has 1 heterocycles. The van der Waals surface area contributed by atoms with Crippen molar-refractivity contribution in [1.82, 2.24) is 9.03 Å². The summed E-state index contributed by atoms with van der Waals surface area (Å²) in [5.41, 5.74) is 1.79. The second kappa shape index (κ2) is 14.1. The molecule has 1 aliphatic carbocycles. The van der Waals surface area contributed by atoms with Crippen LogP contribution in [0.1, 0.15) is 70.3 Å². The molecule has 42 heavy (non-hydrogen) atoms. The lowest BCUT2D eigenvalue weighted by atomic mass is 9.83. The van der Waals surface area contributed by atoms with Crippen LogP contribution in [0.4, 0.5) is 11.4 Å². The second-order valence-corrected chi connectivity index (χ2v) is 15.7. The van der Waals surface area contributed by atoms with Gasteiger partial charge < -0.3 is 10.0 Å². The van der Waals surface area contributed by atoms with Crippen LogP contribution in [0, 0.1) is 5.92 Å². The summed E-state index contributed by atoms with van der Waals surface area (Å²) in [6.07, 6.45) is 7.28. The maximum absolute atomic E-state index is 14.1. The lowest BCUT2D eigenvalue weighted by Gasteiger charge is -2.36. The van der Waals surface area contributed by atoms with Crippen molar-refractivity contribution in [1.29, 1.82) is 0 Å². The minimum atomic E-state index is -3.93. The zero-order chi connectivity index (χ0) is 30.5. The number of carbonyl (C=O) groups is 1. The Hall–Kier alpha value is -2.18. The second-order valence-electron chi connectivity index (χ2n) is 11.4. The molecule has 2 atom stereocenters. The molecular weight excluding hydrogens is 598 g/mol. The molecule has 9 nitrogen and oxygen atoms in total. The maximum Gasteiger partial charge on any atom is 0.321 e. The molecule has 12 heteroatoms. The standard InChI is InChI=1S/C30H42ClN3O6S2/c1-3-4-11-18-41(37,38)32-26(30(35)36)17-16-23-19-29-27(20-25(23)31)34(24-14-9-6-10-15-24)21-28(33(2)42(29,39)40)22-12-7-5-8-13-22/h6,9-10,14-15,19-20,22,26,28,32H,3-5,7-8,11-13,16-18,21H2,1-2H3,(H,35,36)/t26-,28-/m0/s1. The number of carboxylic acid groups (broad SMARTS) is 1. The molecule has 0 aromatic heterocycles. The summed E-state index contributed by atoms with van der Waals surface area (Å²) in [7, 11) is -6.07. The summed E-state index contributed by atoms with van der Waals surface area (Å²) in [4.78, 5) is 14.1. The monoisotopic (exact) mass is 639 g/mol. The number of fused-ring (bicyclic) bond motifs is 1. The number of benzene rings is 2. The molecule has 2 aliphatic rings. The summed E-state index contributed by atoms with van der Waals surface area (Å²) in [5, 5.41) is 10.1. The number of aliphatic carboxylic acids is 1. The number of carboxylic acids is 1. The van der Waals surface area contributed by atoms with Crippen LogP contribution in [0.25, 0.3) is 0 Å². The van der Waals surface area contributed by atoms with E-state index in [4.69, 9.17) is 11.6 Å². The zero-order valence-electron chi connectivity index (χ0n) is 24.3. The maximum atomic E-state index is 14.1. The average molecular weight is 640 g/mol. The molecule has 0 bridgehead atoms. The number of hydrogen-bond acceptors (Lipinski definition) is 6.